The van der Waals surface area contributed by atoms with Crippen LogP contribution in [0.25, 0.3) is 11.2 Å². The van der Waals surface area contributed by atoms with Crippen LogP contribution in [0.15, 0.2) is 30.6 Å². The Hall–Kier alpha value is -2.93. The minimum absolute atomic E-state index is 0. The molecule has 0 atom stereocenters. The van der Waals surface area contributed by atoms with Crippen LogP contribution in [-0.2, 0) is 4.84 Å². The Bertz CT molecular complexity index is 1320. The first-order chi connectivity index (χ1) is 19.5. The third-order valence-corrected chi connectivity index (χ3v) is 8.36. The van der Waals surface area contributed by atoms with Crippen LogP contribution in [0.5, 0.6) is 0 Å². The number of rotatable bonds is 7. The number of imidazole rings is 1. The number of carbonyl (C=O) groups is 1. The van der Waals surface area contributed by atoms with Crippen LogP contribution >= 0.6 is 24.8 Å². The molecule has 1 amide bonds. The van der Waals surface area contributed by atoms with E-state index in [4.69, 9.17) is 25.5 Å². The number of amides is 1. The summed E-state index contributed by atoms with van der Waals surface area (Å²) in [5.74, 6) is 0.851. The number of benzene rings is 1. The summed E-state index contributed by atoms with van der Waals surface area (Å²) in [7, 11) is 0. The highest BCUT2D eigenvalue weighted by Gasteiger charge is 2.27. The SMILES string of the molecule is Cl.Cl.NC1CCC(Nc2nc(NC3CCN(OC(=O)Nc4ccccc4F)CC3)c3ncn(C4CCCC4)c3n2)CC1. The van der Waals surface area contributed by atoms with Crippen molar-refractivity contribution in [2.24, 2.45) is 5.73 Å². The zero-order valence-electron chi connectivity index (χ0n) is 23.5. The number of aromatic nitrogens is 4. The normalized spacial score (nSPS) is 21.8. The maximum Gasteiger partial charge on any atom is 0.430 e. The number of hydrogen-bond donors (Lipinski definition) is 4. The van der Waals surface area contributed by atoms with Gasteiger partial charge in [0, 0.05) is 37.3 Å². The Morgan fingerprint density at radius 1 is 0.929 bits per heavy atom. The smallest absolute Gasteiger partial charge is 0.365 e. The lowest BCUT2D eigenvalue weighted by Gasteiger charge is -2.31. The summed E-state index contributed by atoms with van der Waals surface area (Å²) in [4.78, 5) is 32.3. The van der Waals surface area contributed by atoms with Crippen LogP contribution in [0.3, 0.4) is 0 Å². The van der Waals surface area contributed by atoms with Gasteiger partial charge in [0.15, 0.2) is 17.0 Å². The number of hydrogen-bond acceptors (Lipinski definition) is 9. The predicted octanol–water partition coefficient (Wildman–Crippen LogP) is 5.65. The number of anilines is 3. The summed E-state index contributed by atoms with van der Waals surface area (Å²) in [6.45, 7) is 1.08. The second-order valence-corrected chi connectivity index (χ2v) is 11.2. The van der Waals surface area contributed by atoms with Gasteiger partial charge in [0.05, 0.1) is 12.0 Å². The summed E-state index contributed by atoms with van der Waals surface area (Å²) in [6.07, 6.45) is 11.5. The second kappa shape index (κ2) is 14.5. The molecule has 230 valence electrons. The van der Waals surface area contributed by atoms with Crippen LogP contribution in [0, 0.1) is 5.82 Å². The van der Waals surface area contributed by atoms with Crippen LogP contribution in [0.1, 0.15) is 70.3 Å². The molecule has 1 aliphatic heterocycles. The highest BCUT2D eigenvalue weighted by atomic mass is 35.5. The van der Waals surface area contributed by atoms with Crippen molar-refractivity contribution in [2.75, 3.05) is 29.0 Å². The number of nitrogens with two attached hydrogens (primary N) is 1. The molecule has 42 heavy (non-hydrogen) atoms. The molecule has 2 aromatic heterocycles. The van der Waals surface area contributed by atoms with E-state index in [1.807, 2.05) is 6.33 Å². The third kappa shape index (κ3) is 7.52. The van der Waals surface area contributed by atoms with E-state index in [-0.39, 0.29) is 42.6 Å². The number of nitrogens with one attached hydrogen (secondary N) is 3. The van der Waals surface area contributed by atoms with Crippen molar-refractivity contribution in [1.29, 1.82) is 0 Å². The fourth-order valence-electron chi connectivity index (χ4n) is 6.07. The molecule has 0 unspecified atom stereocenters. The van der Waals surface area contributed by atoms with E-state index in [9.17, 15) is 9.18 Å². The van der Waals surface area contributed by atoms with Gasteiger partial charge in [-0.05, 0) is 63.5 Å². The molecule has 0 radical (unpaired) electrons. The zero-order valence-corrected chi connectivity index (χ0v) is 25.1. The summed E-state index contributed by atoms with van der Waals surface area (Å²) in [6, 6.07) is 7.15. The molecule has 3 aromatic rings. The molecule has 0 spiro atoms. The van der Waals surface area contributed by atoms with Crippen molar-refractivity contribution in [2.45, 2.75) is 88.4 Å². The van der Waals surface area contributed by atoms with Crippen molar-refractivity contribution < 1.29 is 14.0 Å². The largest absolute Gasteiger partial charge is 0.430 e. The lowest BCUT2D eigenvalue weighted by molar-refractivity contribution is -0.107. The monoisotopic (exact) mass is 623 g/mol. The van der Waals surface area contributed by atoms with Crippen LogP contribution in [-0.4, -0.2) is 61.9 Å². The lowest BCUT2D eigenvalue weighted by atomic mass is 9.92. The van der Waals surface area contributed by atoms with Gasteiger partial charge >= 0.3 is 6.09 Å². The Morgan fingerprint density at radius 3 is 2.33 bits per heavy atom. The minimum atomic E-state index is -0.703. The van der Waals surface area contributed by atoms with Crippen molar-refractivity contribution in [3.8, 4) is 0 Å². The number of nitrogens with zero attached hydrogens (tertiary/aromatic N) is 5. The van der Waals surface area contributed by atoms with E-state index in [2.05, 4.69) is 20.5 Å². The molecule has 11 nitrogen and oxygen atoms in total. The first-order valence-corrected chi connectivity index (χ1v) is 14.5. The van der Waals surface area contributed by atoms with Crippen molar-refractivity contribution in [3.63, 3.8) is 0 Å². The molecule has 5 N–H and O–H groups in total. The summed E-state index contributed by atoms with van der Waals surface area (Å²) < 4.78 is 16.1. The first-order valence-electron chi connectivity index (χ1n) is 14.5. The van der Waals surface area contributed by atoms with Gasteiger partial charge in [-0.2, -0.15) is 9.97 Å². The predicted molar refractivity (Wildman–Crippen MR) is 166 cm³/mol. The van der Waals surface area contributed by atoms with E-state index < -0.39 is 11.9 Å². The van der Waals surface area contributed by atoms with Gasteiger partial charge in [0.25, 0.3) is 0 Å². The quantitative estimate of drug-likeness (QED) is 0.263. The number of carbonyl (C=O) groups excluding carboxylic acids is 1. The average molecular weight is 625 g/mol. The van der Waals surface area contributed by atoms with E-state index >= 15 is 0 Å². The Balaban J connectivity index is 0.00000202. The van der Waals surface area contributed by atoms with Crippen LogP contribution in [0.2, 0.25) is 0 Å². The molecular weight excluding hydrogens is 584 g/mol. The van der Waals surface area contributed by atoms with Crippen molar-refractivity contribution in [1.82, 2.24) is 24.6 Å². The van der Waals surface area contributed by atoms with Crippen molar-refractivity contribution >= 4 is 59.5 Å². The van der Waals surface area contributed by atoms with E-state index in [1.165, 1.54) is 25.0 Å². The molecule has 14 heteroatoms. The Morgan fingerprint density at radius 2 is 1.62 bits per heavy atom. The fraction of sp³-hybridized carbons (Fsp3) is 0.571. The molecule has 2 aliphatic carbocycles. The van der Waals surface area contributed by atoms with Crippen LogP contribution < -0.4 is 21.7 Å². The maximum atomic E-state index is 13.8. The zero-order chi connectivity index (χ0) is 27.5. The lowest BCUT2D eigenvalue weighted by Crippen LogP contribution is -2.41. The summed E-state index contributed by atoms with van der Waals surface area (Å²) >= 11 is 0. The van der Waals surface area contributed by atoms with Gasteiger partial charge in [0.2, 0.25) is 5.95 Å². The molecule has 3 aliphatic rings. The number of hydroxylamine groups is 2. The van der Waals surface area contributed by atoms with Crippen molar-refractivity contribution in [3.05, 3.63) is 36.4 Å². The van der Waals surface area contributed by atoms with Gasteiger partial charge in [0.1, 0.15) is 5.82 Å². The summed E-state index contributed by atoms with van der Waals surface area (Å²) in [5.41, 5.74) is 7.86. The van der Waals surface area contributed by atoms with Gasteiger partial charge in [-0.3, -0.25) is 5.32 Å². The molecule has 3 heterocycles. The minimum Gasteiger partial charge on any atom is -0.365 e. The molecule has 1 saturated heterocycles. The standard InChI is InChI=1S/C28H38FN9O2.2ClH/c29-22-7-3-4-8-23(22)34-28(39)40-37-15-13-20(14-16-37)32-25-24-26(38(17-31-24)21-5-1-2-6-21)36-27(35-25)33-19-11-9-18(30)10-12-19;;/h3-4,7-8,17-21H,1-2,5-6,9-16,30H2,(H,34,39)(H2,32,33,35,36);2*1H. The molecule has 3 fully saturated rings. The Labute approximate surface area is 257 Å². The van der Waals surface area contributed by atoms with Gasteiger partial charge in [-0.1, -0.05) is 25.0 Å². The van der Waals surface area contributed by atoms with Crippen LogP contribution in [0.4, 0.5) is 26.6 Å². The number of para-hydroxylation sites is 1. The third-order valence-electron chi connectivity index (χ3n) is 8.36. The van der Waals surface area contributed by atoms with Gasteiger partial charge in [-0.15, -0.1) is 29.9 Å². The van der Waals surface area contributed by atoms with Gasteiger partial charge < -0.3 is 25.8 Å². The number of fused-ring (bicyclic) bond motifs is 1. The Kier molecular flexibility index (Phi) is 11.0. The van der Waals surface area contributed by atoms with E-state index in [0.29, 0.717) is 31.1 Å². The highest BCUT2D eigenvalue weighted by molar-refractivity contribution is 5.86. The molecule has 6 rings (SSSR count). The highest BCUT2D eigenvalue weighted by Crippen LogP contribution is 2.34. The molecular formula is C28H40Cl2FN9O2. The van der Waals surface area contributed by atoms with E-state index in [0.717, 1.165) is 68.3 Å². The second-order valence-electron chi connectivity index (χ2n) is 11.2. The van der Waals surface area contributed by atoms with Gasteiger partial charge in [-0.25, -0.2) is 14.2 Å². The fourth-order valence-corrected chi connectivity index (χ4v) is 6.07. The number of halogens is 3. The molecule has 0 bridgehead atoms. The summed E-state index contributed by atoms with van der Waals surface area (Å²) in [5, 5.41) is 11.3. The maximum absolute atomic E-state index is 13.8. The first kappa shape index (κ1) is 32.0. The molecule has 1 aromatic carbocycles. The number of piperidine rings is 1. The topological polar surface area (TPSA) is 135 Å². The molecule has 2 saturated carbocycles. The average Bonchev–Trinajstić information content (AvgIpc) is 3.63. The van der Waals surface area contributed by atoms with E-state index in [1.54, 1.807) is 17.2 Å².